The molecule has 19 heavy (non-hydrogen) atoms. The maximum atomic E-state index is 11.9. The van der Waals surface area contributed by atoms with Crippen LogP contribution < -0.4 is 4.72 Å². The molecule has 102 valence electrons. The molecule has 1 atom stereocenters. The van der Waals surface area contributed by atoms with Crippen molar-refractivity contribution in [2.24, 2.45) is 0 Å². The van der Waals surface area contributed by atoms with Crippen LogP contribution in [0.25, 0.3) is 0 Å². The molecule has 0 fully saturated rings. The molecule has 0 saturated carbocycles. The molecular formula is C12H14N2O4S. The quantitative estimate of drug-likeness (QED) is 0.803. The summed E-state index contributed by atoms with van der Waals surface area (Å²) in [5.74, 6) is -0.794. The minimum Gasteiger partial charge on any atom is -0.449 e. The van der Waals surface area contributed by atoms with Crippen molar-refractivity contribution in [3.8, 4) is 6.07 Å². The number of ether oxygens (including phenoxy) is 1. The molecule has 0 bridgehead atoms. The Morgan fingerprint density at radius 2 is 2.00 bits per heavy atom. The van der Waals surface area contributed by atoms with Crippen LogP contribution in [-0.4, -0.2) is 27.0 Å². The lowest BCUT2D eigenvalue weighted by Gasteiger charge is -2.12. The lowest BCUT2D eigenvalue weighted by atomic mass is 10.2. The molecule has 0 amide bonds. The number of esters is 1. The molecule has 0 radical (unpaired) electrons. The first-order valence-electron chi connectivity index (χ1n) is 5.49. The zero-order valence-corrected chi connectivity index (χ0v) is 11.4. The van der Waals surface area contributed by atoms with E-state index in [0.717, 1.165) is 5.56 Å². The summed E-state index contributed by atoms with van der Waals surface area (Å²) in [4.78, 5) is 11.4. The van der Waals surface area contributed by atoms with Gasteiger partial charge in [0.25, 0.3) is 0 Å². The lowest BCUT2D eigenvalue weighted by molar-refractivity contribution is -0.143. The standard InChI is InChI=1S/C12H14N2O4S/c1-9-3-5-11(6-4-9)19(16,17)14-10(2)12(15)18-8-7-13/h3-6,10,14H,8H2,1-2H3/t10-/m0/s1. The first-order valence-corrected chi connectivity index (χ1v) is 6.97. The Hall–Kier alpha value is -1.91. The number of hydrogen-bond acceptors (Lipinski definition) is 5. The van der Waals surface area contributed by atoms with E-state index in [0.29, 0.717) is 0 Å². The first kappa shape index (κ1) is 15.1. The van der Waals surface area contributed by atoms with Gasteiger partial charge in [-0.25, -0.2) is 8.42 Å². The van der Waals surface area contributed by atoms with E-state index < -0.39 is 28.6 Å². The van der Waals surface area contributed by atoms with E-state index in [2.05, 4.69) is 9.46 Å². The minimum atomic E-state index is -3.78. The van der Waals surface area contributed by atoms with Crippen LogP contribution in [0, 0.1) is 18.3 Å². The van der Waals surface area contributed by atoms with Crippen LogP contribution in [0.1, 0.15) is 12.5 Å². The second-order valence-corrected chi connectivity index (χ2v) is 5.64. The van der Waals surface area contributed by atoms with Crippen molar-refractivity contribution in [2.45, 2.75) is 24.8 Å². The van der Waals surface area contributed by atoms with Crippen LogP contribution in [0.5, 0.6) is 0 Å². The van der Waals surface area contributed by atoms with Crippen molar-refractivity contribution in [2.75, 3.05) is 6.61 Å². The molecule has 0 heterocycles. The summed E-state index contributed by atoms with van der Waals surface area (Å²) in [6.45, 7) is 2.78. The van der Waals surface area contributed by atoms with Crippen LogP contribution in [-0.2, 0) is 19.6 Å². The van der Waals surface area contributed by atoms with E-state index in [4.69, 9.17) is 5.26 Å². The van der Waals surface area contributed by atoms with Crippen LogP contribution >= 0.6 is 0 Å². The Labute approximate surface area is 112 Å². The SMILES string of the molecule is Cc1ccc(S(=O)(=O)N[C@@H](C)C(=O)OCC#N)cc1. The summed E-state index contributed by atoms with van der Waals surface area (Å²) >= 11 is 0. The van der Waals surface area contributed by atoms with Gasteiger partial charge in [-0.1, -0.05) is 17.7 Å². The van der Waals surface area contributed by atoms with Gasteiger partial charge in [-0.05, 0) is 26.0 Å². The smallest absolute Gasteiger partial charge is 0.324 e. The summed E-state index contributed by atoms with van der Waals surface area (Å²) in [5, 5.41) is 8.27. The maximum Gasteiger partial charge on any atom is 0.324 e. The van der Waals surface area contributed by atoms with E-state index >= 15 is 0 Å². The Kier molecular flexibility index (Phi) is 5.03. The normalized spacial score (nSPS) is 12.5. The molecule has 0 spiro atoms. The predicted octanol–water partition coefficient (Wildman–Crippen LogP) is 0.729. The molecule has 6 nitrogen and oxygen atoms in total. The fraction of sp³-hybridized carbons (Fsp3) is 0.333. The molecule has 0 aliphatic carbocycles. The molecule has 1 rings (SSSR count). The van der Waals surface area contributed by atoms with Gasteiger partial charge < -0.3 is 4.74 Å². The first-order chi connectivity index (χ1) is 8.86. The van der Waals surface area contributed by atoms with Crippen LogP contribution in [0.15, 0.2) is 29.2 Å². The average Bonchev–Trinajstić information content (AvgIpc) is 2.35. The van der Waals surface area contributed by atoms with Gasteiger partial charge in [0.2, 0.25) is 10.0 Å². The molecular weight excluding hydrogens is 268 g/mol. The van der Waals surface area contributed by atoms with E-state index in [1.807, 2.05) is 6.92 Å². The number of nitrogens with zero attached hydrogens (tertiary/aromatic N) is 1. The van der Waals surface area contributed by atoms with Gasteiger partial charge >= 0.3 is 5.97 Å². The largest absolute Gasteiger partial charge is 0.449 e. The van der Waals surface area contributed by atoms with Crippen molar-refractivity contribution < 1.29 is 17.9 Å². The summed E-state index contributed by atoms with van der Waals surface area (Å²) < 4.78 is 30.6. The third-order valence-corrected chi connectivity index (χ3v) is 3.85. The number of hydrogen-bond donors (Lipinski definition) is 1. The molecule has 0 aromatic heterocycles. The highest BCUT2D eigenvalue weighted by molar-refractivity contribution is 7.89. The third-order valence-electron chi connectivity index (χ3n) is 2.30. The predicted molar refractivity (Wildman–Crippen MR) is 67.5 cm³/mol. The zero-order valence-electron chi connectivity index (χ0n) is 10.6. The molecule has 7 heteroatoms. The molecule has 1 N–H and O–H groups in total. The number of carbonyl (C=O) groups is 1. The van der Waals surface area contributed by atoms with Crippen LogP contribution in [0.2, 0.25) is 0 Å². The van der Waals surface area contributed by atoms with Gasteiger partial charge in [0, 0.05) is 0 Å². The zero-order chi connectivity index (χ0) is 14.5. The van der Waals surface area contributed by atoms with Gasteiger partial charge in [0.15, 0.2) is 6.61 Å². The Bertz CT molecular complexity index is 587. The van der Waals surface area contributed by atoms with E-state index in [-0.39, 0.29) is 4.90 Å². The number of rotatable bonds is 5. The fourth-order valence-electron chi connectivity index (χ4n) is 1.29. The fourth-order valence-corrected chi connectivity index (χ4v) is 2.49. The summed E-state index contributed by atoms with van der Waals surface area (Å²) in [6, 6.07) is 6.80. The number of carbonyl (C=O) groups excluding carboxylic acids is 1. The third kappa shape index (κ3) is 4.35. The van der Waals surface area contributed by atoms with Gasteiger partial charge in [0.1, 0.15) is 12.1 Å². The number of nitriles is 1. The molecule has 0 aliphatic heterocycles. The minimum absolute atomic E-state index is 0.0676. The van der Waals surface area contributed by atoms with Gasteiger partial charge in [0.05, 0.1) is 4.90 Å². The van der Waals surface area contributed by atoms with Crippen molar-refractivity contribution >= 4 is 16.0 Å². The van der Waals surface area contributed by atoms with Crippen molar-refractivity contribution in [3.63, 3.8) is 0 Å². The molecule has 0 saturated heterocycles. The molecule has 1 aromatic carbocycles. The number of benzene rings is 1. The highest BCUT2D eigenvalue weighted by atomic mass is 32.2. The summed E-state index contributed by atoms with van der Waals surface area (Å²) in [5.41, 5.74) is 0.931. The van der Waals surface area contributed by atoms with Crippen molar-refractivity contribution in [1.82, 2.24) is 4.72 Å². The monoisotopic (exact) mass is 282 g/mol. The summed E-state index contributed by atoms with van der Waals surface area (Å²) in [7, 11) is -3.78. The highest BCUT2D eigenvalue weighted by Gasteiger charge is 2.22. The van der Waals surface area contributed by atoms with Gasteiger partial charge in [-0.2, -0.15) is 9.98 Å². The van der Waals surface area contributed by atoms with Crippen molar-refractivity contribution in [1.29, 1.82) is 5.26 Å². The number of aryl methyl sites for hydroxylation is 1. The van der Waals surface area contributed by atoms with Gasteiger partial charge in [-0.3, -0.25) is 4.79 Å². The second kappa shape index (κ2) is 6.31. The van der Waals surface area contributed by atoms with E-state index in [9.17, 15) is 13.2 Å². The number of sulfonamides is 1. The topological polar surface area (TPSA) is 96.3 Å². The molecule has 1 aromatic rings. The Morgan fingerprint density at radius 1 is 1.42 bits per heavy atom. The Balaban J connectivity index is 2.77. The summed E-state index contributed by atoms with van der Waals surface area (Å²) in [6.07, 6.45) is 0. The van der Waals surface area contributed by atoms with Crippen LogP contribution in [0.3, 0.4) is 0 Å². The van der Waals surface area contributed by atoms with Crippen molar-refractivity contribution in [3.05, 3.63) is 29.8 Å². The molecule has 0 unspecified atom stereocenters. The van der Waals surface area contributed by atoms with Crippen LogP contribution in [0.4, 0.5) is 0 Å². The lowest BCUT2D eigenvalue weighted by Crippen LogP contribution is -2.39. The van der Waals surface area contributed by atoms with Gasteiger partial charge in [-0.15, -0.1) is 0 Å². The second-order valence-electron chi connectivity index (χ2n) is 3.92. The highest BCUT2D eigenvalue weighted by Crippen LogP contribution is 2.10. The average molecular weight is 282 g/mol. The van der Waals surface area contributed by atoms with E-state index in [1.165, 1.54) is 19.1 Å². The molecule has 0 aliphatic rings. The Morgan fingerprint density at radius 3 is 2.53 bits per heavy atom. The number of nitrogens with one attached hydrogen (secondary N) is 1. The maximum absolute atomic E-state index is 11.9. The van der Waals surface area contributed by atoms with E-state index in [1.54, 1.807) is 18.2 Å².